The highest BCUT2D eigenvalue weighted by Crippen LogP contribution is 2.26. The largest absolute Gasteiger partial charge is 0.385 e. The molecule has 24 heavy (non-hydrogen) atoms. The number of amides is 1. The van der Waals surface area contributed by atoms with Crippen molar-refractivity contribution in [1.82, 2.24) is 10.5 Å². The summed E-state index contributed by atoms with van der Waals surface area (Å²) in [6, 6.07) is 5.12. The molecule has 6 nitrogen and oxygen atoms in total. The summed E-state index contributed by atoms with van der Waals surface area (Å²) < 4.78 is 11.1. The molecule has 0 aliphatic carbocycles. The highest BCUT2D eigenvalue weighted by molar-refractivity contribution is 7.16. The van der Waals surface area contributed by atoms with E-state index in [9.17, 15) is 9.90 Å². The van der Waals surface area contributed by atoms with E-state index in [1.54, 1.807) is 6.07 Å². The molecular formula is C16H19ClN2O4S. The molecule has 0 saturated carbocycles. The van der Waals surface area contributed by atoms with E-state index in [1.165, 1.54) is 17.4 Å². The van der Waals surface area contributed by atoms with Crippen LogP contribution in [0.4, 0.5) is 0 Å². The zero-order chi connectivity index (χ0) is 16.9. The van der Waals surface area contributed by atoms with Crippen LogP contribution in [0.2, 0.25) is 4.34 Å². The lowest BCUT2D eigenvalue weighted by Crippen LogP contribution is -2.32. The van der Waals surface area contributed by atoms with Gasteiger partial charge in [0.25, 0.3) is 5.91 Å². The molecule has 1 aliphatic heterocycles. The Labute approximate surface area is 148 Å². The fourth-order valence-electron chi connectivity index (χ4n) is 2.58. The van der Waals surface area contributed by atoms with Gasteiger partial charge in [0.05, 0.1) is 4.34 Å². The number of hydrogen-bond acceptors (Lipinski definition) is 6. The highest BCUT2D eigenvalue weighted by Gasteiger charge is 2.20. The summed E-state index contributed by atoms with van der Waals surface area (Å²) in [5.41, 5.74) is 0.181. The van der Waals surface area contributed by atoms with Gasteiger partial charge in [0.1, 0.15) is 6.10 Å². The van der Waals surface area contributed by atoms with Crippen LogP contribution in [-0.4, -0.2) is 35.9 Å². The molecule has 0 spiro atoms. The molecule has 130 valence electrons. The summed E-state index contributed by atoms with van der Waals surface area (Å²) in [5, 5.41) is 16.8. The number of carbonyl (C=O) groups is 1. The van der Waals surface area contributed by atoms with Gasteiger partial charge in [0, 0.05) is 37.1 Å². The summed E-state index contributed by atoms with van der Waals surface area (Å²) >= 11 is 7.28. The predicted octanol–water partition coefficient (Wildman–Crippen LogP) is 2.82. The second kappa shape index (κ2) is 8.11. The molecule has 2 N–H and O–H groups in total. The lowest BCUT2D eigenvalue weighted by atomic mass is 10.0. The van der Waals surface area contributed by atoms with Crippen LogP contribution in [0, 0.1) is 5.92 Å². The standard InChI is InChI=1S/C16H19ClN2O4S/c17-15-2-1-11(24-15)7-13(20)14-8-12(19-23-14)16(21)18-9-10-3-5-22-6-4-10/h1-2,8,10,13,20H,3-7,9H2,(H,18,21). The van der Waals surface area contributed by atoms with Crippen molar-refractivity contribution in [3.63, 3.8) is 0 Å². The van der Waals surface area contributed by atoms with Crippen LogP contribution in [0.3, 0.4) is 0 Å². The number of nitrogens with zero attached hydrogens (tertiary/aromatic N) is 1. The molecule has 2 aromatic heterocycles. The SMILES string of the molecule is O=C(NCC1CCOCC1)c1cc(C(O)Cc2ccc(Cl)s2)on1. The van der Waals surface area contributed by atoms with Crippen molar-refractivity contribution in [3.8, 4) is 0 Å². The smallest absolute Gasteiger partial charge is 0.273 e. The Morgan fingerprint density at radius 1 is 1.46 bits per heavy atom. The van der Waals surface area contributed by atoms with E-state index < -0.39 is 6.10 Å². The van der Waals surface area contributed by atoms with Gasteiger partial charge >= 0.3 is 0 Å². The molecule has 1 amide bonds. The van der Waals surface area contributed by atoms with Crippen LogP contribution in [-0.2, 0) is 11.2 Å². The lowest BCUT2D eigenvalue weighted by Gasteiger charge is -2.21. The Morgan fingerprint density at radius 3 is 2.96 bits per heavy atom. The van der Waals surface area contributed by atoms with E-state index in [2.05, 4.69) is 10.5 Å². The van der Waals surface area contributed by atoms with Gasteiger partial charge in [-0.05, 0) is 30.9 Å². The molecule has 1 atom stereocenters. The van der Waals surface area contributed by atoms with Gasteiger partial charge in [-0.2, -0.15) is 0 Å². The fourth-order valence-corrected chi connectivity index (χ4v) is 3.71. The molecule has 3 heterocycles. The molecule has 0 radical (unpaired) electrons. The lowest BCUT2D eigenvalue weighted by molar-refractivity contribution is 0.0641. The summed E-state index contributed by atoms with van der Waals surface area (Å²) in [5.74, 6) is 0.418. The van der Waals surface area contributed by atoms with Crippen LogP contribution in [0.5, 0.6) is 0 Å². The second-order valence-corrected chi connectivity index (χ2v) is 7.61. The molecule has 1 fully saturated rings. The third kappa shape index (κ3) is 4.57. The van der Waals surface area contributed by atoms with Gasteiger partial charge in [-0.3, -0.25) is 4.79 Å². The third-order valence-electron chi connectivity index (χ3n) is 4.01. The highest BCUT2D eigenvalue weighted by atomic mass is 35.5. The fraction of sp³-hybridized carbons (Fsp3) is 0.500. The number of aliphatic hydroxyl groups excluding tert-OH is 1. The number of nitrogens with one attached hydrogen (secondary N) is 1. The minimum Gasteiger partial charge on any atom is -0.385 e. The van der Waals surface area contributed by atoms with Crippen molar-refractivity contribution >= 4 is 28.8 Å². The Balaban J connectivity index is 1.52. The Hall–Kier alpha value is -1.41. The first-order valence-electron chi connectivity index (χ1n) is 7.86. The molecule has 0 bridgehead atoms. The first kappa shape index (κ1) is 17.4. The molecule has 0 aromatic carbocycles. The molecule has 8 heteroatoms. The van der Waals surface area contributed by atoms with E-state index in [-0.39, 0.29) is 17.4 Å². The molecule has 1 saturated heterocycles. The van der Waals surface area contributed by atoms with Gasteiger partial charge in [-0.25, -0.2) is 0 Å². The Morgan fingerprint density at radius 2 is 2.25 bits per heavy atom. The average molecular weight is 371 g/mol. The maximum atomic E-state index is 12.1. The van der Waals surface area contributed by atoms with Gasteiger partial charge in [-0.1, -0.05) is 16.8 Å². The van der Waals surface area contributed by atoms with E-state index in [1.807, 2.05) is 6.07 Å². The molecular weight excluding hydrogens is 352 g/mol. The van der Waals surface area contributed by atoms with Crippen molar-refractivity contribution < 1.29 is 19.2 Å². The van der Waals surface area contributed by atoms with Gasteiger partial charge < -0.3 is 19.7 Å². The third-order valence-corrected chi connectivity index (χ3v) is 5.26. The van der Waals surface area contributed by atoms with E-state index in [0.717, 1.165) is 30.9 Å². The van der Waals surface area contributed by atoms with Crippen molar-refractivity contribution in [3.05, 3.63) is 38.9 Å². The van der Waals surface area contributed by atoms with Crippen LogP contribution < -0.4 is 5.32 Å². The van der Waals surface area contributed by atoms with Crippen LogP contribution in [0.25, 0.3) is 0 Å². The van der Waals surface area contributed by atoms with Gasteiger partial charge in [0.15, 0.2) is 11.5 Å². The zero-order valence-electron chi connectivity index (χ0n) is 13.0. The molecule has 2 aromatic rings. The Kier molecular flexibility index (Phi) is 5.89. The second-order valence-electron chi connectivity index (χ2n) is 5.81. The number of carbonyl (C=O) groups excluding carboxylic acids is 1. The van der Waals surface area contributed by atoms with Gasteiger partial charge in [0.2, 0.25) is 0 Å². The summed E-state index contributed by atoms with van der Waals surface area (Å²) in [4.78, 5) is 13.1. The van der Waals surface area contributed by atoms with Crippen LogP contribution in [0.1, 0.15) is 40.1 Å². The average Bonchev–Trinajstić information content (AvgIpc) is 3.23. The first-order valence-corrected chi connectivity index (χ1v) is 9.06. The number of aromatic nitrogens is 1. The van der Waals surface area contributed by atoms with Crippen LogP contribution in [0.15, 0.2) is 22.7 Å². The number of hydrogen-bond donors (Lipinski definition) is 2. The van der Waals surface area contributed by atoms with Gasteiger partial charge in [-0.15, -0.1) is 11.3 Å². The van der Waals surface area contributed by atoms with Crippen LogP contribution >= 0.6 is 22.9 Å². The quantitative estimate of drug-likeness (QED) is 0.816. The zero-order valence-corrected chi connectivity index (χ0v) is 14.6. The topological polar surface area (TPSA) is 84.6 Å². The number of aliphatic hydroxyl groups is 1. The summed E-state index contributed by atoms with van der Waals surface area (Å²) in [6.45, 7) is 2.09. The Bertz CT molecular complexity index is 681. The minimum atomic E-state index is -0.857. The molecule has 3 rings (SSSR count). The van der Waals surface area contributed by atoms with Crippen molar-refractivity contribution in [2.24, 2.45) is 5.92 Å². The van der Waals surface area contributed by atoms with Crippen molar-refractivity contribution in [2.75, 3.05) is 19.8 Å². The monoisotopic (exact) mass is 370 g/mol. The van der Waals surface area contributed by atoms with Crippen molar-refractivity contribution in [2.45, 2.75) is 25.4 Å². The van der Waals surface area contributed by atoms with E-state index >= 15 is 0 Å². The summed E-state index contributed by atoms with van der Waals surface area (Å²) in [6.07, 6.45) is 1.42. The molecule has 1 aliphatic rings. The number of rotatable bonds is 6. The maximum Gasteiger partial charge on any atom is 0.273 e. The van der Waals surface area contributed by atoms with E-state index in [0.29, 0.717) is 23.2 Å². The summed E-state index contributed by atoms with van der Waals surface area (Å²) in [7, 11) is 0. The number of halogens is 1. The molecule has 1 unspecified atom stereocenters. The predicted molar refractivity (Wildman–Crippen MR) is 90.4 cm³/mol. The first-order chi connectivity index (χ1) is 11.6. The maximum absolute atomic E-state index is 12.1. The number of thiophene rings is 1. The normalized spacial score (nSPS) is 16.9. The van der Waals surface area contributed by atoms with Crippen molar-refractivity contribution in [1.29, 1.82) is 0 Å². The van der Waals surface area contributed by atoms with E-state index in [4.69, 9.17) is 20.9 Å². The minimum absolute atomic E-state index is 0.181. The number of ether oxygens (including phenoxy) is 1.